The molecule has 0 saturated heterocycles. The lowest BCUT2D eigenvalue weighted by Crippen LogP contribution is -2.09. The van der Waals surface area contributed by atoms with Crippen LogP contribution in [0.4, 0.5) is 17.6 Å². The molecule has 6 heteroatoms. The van der Waals surface area contributed by atoms with Gasteiger partial charge in [-0.25, -0.2) is 27.3 Å². The molecule has 0 bridgehead atoms. The van der Waals surface area contributed by atoms with Gasteiger partial charge in [-0.05, 0) is 0 Å². The molecule has 0 aliphatic rings. The zero-order valence-electron chi connectivity index (χ0n) is 4.90. The van der Waals surface area contributed by atoms with Crippen molar-refractivity contribution in [1.29, 1.82) is 0 Å². The molecule has 0 unspecified atom stereocenters. The van der Waals surface area contributed by atoms with Crippen molar-refractivity contribution in [3.8, 4) is 0 Å². The SMILES string of the molecule is FC(F)COOCC(F)F. The van der Waals surface area contributed by atoms with Gasteiger partial charge in [-0.1, -0.05) is 0 Å². The van der Waals surface area contributed by atoms with Crippen LogP contribution in [0.2, 0.25) is 0 Å². The van der Waals surface area contributed by atoms with Crippen molar-refractivity contribution in [1.82, 2.24) is 0 Å². The molecule has 10 heavy (non-hydrogen) atoms. The largest absolute Gasteiger partial charge is 0.264 e. The van der Waals surface area contributed by atoms with Gasteiger partial charge in [0, 0.05) is 0 Å². The number of alkyl halides is 4. The maximum absolute atomic E-state index is 11.2. The Morgan fingerprint density at radius 2 is 1.10 bits per heavy atom. The van der Waals surface area contributed by atoms with E-state index in [9.17, 15) is 17.6 Å². The number of rotatable bonds is 5. The van der Waals surface area contributed by atoms with E-state index in [1.54, 1.807) is 0 Å². The molecule has 0 saturated carbocycles. The lowest BCUT2D eigenvalue weighted by atomic mass is 10.8. The molecule has 0 fully saturated rings. The Hall–Kier alpha value is -0.360. The second kappa shape index (κ2) is 5.43. The highest BCUT2D eigenvalue weighted by Crippen LogP contribution is 1.96. The van der Waals surface area contributed by atoms with E-state index in [0.717, 1.165) is 0 Å². The highest BCUT2D eigenvalue weighted by atomic mass is 19.3. The predicted molar refractivity (Wildman–Crippen MR) is 23.9 cm³/mol. The maximum Gasteiger partial charge on any atom is 0.264 e. The molecule has 0 N–H and O–H groups in total. The molecule has 0 aliphatic carbocycles. The van der Waals surface area contributed by atoms with E-state index in [1.807, 2.05) is 0 Å². The van der Waals surface area contributed by atoms with Crippen LogP contribution in [0.5, 0.6) is 0 Å². The van der Waals surface area contributed by atoms with Crippen molar-refractivity contribution in [2.24, 2.45) is 0 Å². The van der Waals surface area contributed by atoms with Crippen LogP contribution in [0.25, 0.3) is 0 Å². The van der Waals surface area contributed by atoms with Crippen LogP contribution < -0.4 is 0 Å². The van der Waals surface area contributed by atoms with Crippen molar-refractivity contribution in [3.63, 3.8) is 0 Å². The molecule has 0 aromatic rings. The summed E-state index contributed by atoms with van der Waals surface area (Å²) >= 11 is 0. The average molecular weight is 162 g/mol. The molecule has 0 amide bonds. The van der Waals surface area contributed by atoms with E-state index in [2.05, 4.69) is 9.78 Å². The van der Waals surface area contributed by atoms with E-state index >= 15 is 0 Å². The van der Waals surface area contributed by atoms with Crippen molar-refractivity contribution in [3.05, 3.63) is 0 Å². The number of hydrogen-bond donors (Lipinski definition) is 0. The van der Waals surface area contributed by atoms with Crippen LogP contribution in [0.3, 0.4) is 0 Å². The Labute approximate surface area is 54.7 Å². The molecular weight excluding hydrogens is 156 g/mol. The summed E-state index contributed by atoms with van der Waals surface area (Å²) in [6, 6.07) is 0. The Morgan fingerprint density at radius 3 is 1.30 bits per heavy atom. The summed E-state index contributed by atoms with van der Waals surface area (Å²) in [6.45, 7) is -1.96. The molecule has 0 aromatic heterocycles. The van der Waals surface area contributed by atoms with Gasteiger partial charge < -0.3 is 0 Å². The Bertz CT molecular complexity index is 67.7. The normalized spacial score (nSPS) is 11.4. The Morgan fingerprint density at radius 1 is 0.800 bits per heavy atom. The topological polar surface area (TPSA) is 18.5 Å². The van der Waals surface area contributed by atoms with Gasteiger partial charge in [0.1, 0.15) is 13.2 Å². The van der Waals surface area contributed by atoms with Crippen molar-refractivity contribution in [2.75, 3.05) is 13.2 Å². The minimum Gasteiger partial charge on any atom is -0.230 e. The standard InChI is InChI=1S/C4H6F4O2/c5-3(6)1-9-10-2-4(7)8/h3-4H,1-2H2. The number of hydrogen-bond acceptors (Lipinski definition) is 2. The first-order chi connectivity index (χ1) is 4.63. The predicted octanol–water partition coefficient (Wildman–Crippen LogP) is 1.46. The third-order valence-corrected chi connectivity index (χ3v) is 0.471. The summed E-state index contributed by atoms with van der Waals surface area (Å²) < 4.78 is 44.7. The van der Waals surface area contributed by atoms with E-state index in [4.69, 9.17) is 0 Å². The van der Waals surface area contributed by atoms with E-state index in [-0.39, 0.29) is 0 Å². The van der Waals surface area contributed by atoms with Crippen molar-refractivity contribution in [2.45, 2.75) is 12.9 Å². The zero-order chi connectivity index (χ0) is 7.98. The van der Waals surface area contributed by atoms with Gasteiger partial charge >= 0.3 is 0 Å². The van der Waals surface area contributed by atoms with Gasteiger partial charge in [0.15, 0.2) is 0 Å². The maximum atomic E-state index is 11.2. The van der Waals surface area contributed by atoms with E-state index < -0.39 is 26.1 Å². The van der Waals surface area contributed by atoms with Crippen molar-refractivity contribution >= 4 is 0 Å². The van der Waals surface area contributed by atoms with Crippen LogP contribution in [0.1, 0.15) is 0 Å². The van der Waals surface area contributed by atoms with Crippen LogP contribution in [0.15, 0.2) is 0 Å². The highest BCUT2D eigenvalue weighted by Gasteiger charge is 2.05. The fourth-order valence-corrected chi connectivity index (χ4v) is 0.199. The summed E-state index contributed by atoms with van der Waals surface area (Å²) in [5.74, 6) is 0. The average Bonchev–Trinajstić information content (AvgIpc) is 1.79. The molecule has 2 nitrogen and oxygen atoms in total. The third kappa shape index (κ3) is 7.64. The number of halogens is 4. The minimum absolute atomic E-state index is 0.979. The molecule has 0 atom stereocenters. The van der Waals surface area contributed by atoms with E-state index in [0.29, 0.717) is 0 Å². The Balaban J connectivity index is 2.91. The quantitative estimate of drug-likeness (QED) is 0.264. The summed E-state index contributed by atoms with van der Waals surface area (Å²) in [4.78, 5) is 7.35. The fourth-order valence-electron chi connectivity index (χ4n) is 0.199. The first kappa shape index (κ1) is 9.64. The van der Waals surface area contributed by atoms with Crippen LogP contribution in [-0.4, -0.2) is 26.1 Å². The van der Waals surface area contributed by atoms with Crippen LogP contribution in [0, 0.1) is 0 Å². The van der Waals surface area contributed by atoms with Gasteiger partial charge in [-0.2, -0.15) is 0 Å². The third-order valence-electron chi connectivity index (χ3n) is 0.471. The van der Waals surface area contributed by atoms with Gasteiger partial charge in [0.25, 0.3) is 12.9 Å². The second-order valence-corrected chi connectivity index (χ2v) is 1.35. The molecule has 62 valence electrons. The monoisotopic (exact) mass is 162 g/mol. The van der Waals surface area contributed by atoms with Crippen LogP contribution >= 0.6 is 0 Å². The molecule has 0 heterocycles. The zero-order valence-corrected chi connectivity index (χ0v) is 4.90. The molecule has 0 spiro atoms. The molecular formula is C4H6F4O2. The van der Waals surface area contributed by atoms with Gasteiger partial charge in [-0.15, -0.1) is 0 Å². The first-order valence-electron chi connectivity index (χ1n) is 2.43. The van der Waals surface area contributed by atoms with Crippen LogP contribution in [-0.2, 0) is 9.78 Å². The van der Waals surface area contributed by atoms with Gasteiger partial charge in [0.05, 0.1) is 0 Å². The lowest BCUT2D eigenvalue weighted by molar-refractivity contribution is -0.320. The van der Waals surface area contributed by atoms with Crippen molar-refractivity contribution < 1.29 is 27.3 Å². The Kier molecular flexibility index (Phi) is 5.23. The second-order valence-electron chi connectivity index (χ2n) is 1.35. The molecule has 0 aliphatic heterocycles. The summed E-state index contributed by atoms with van der Waals surface area (Å²) in [7, 11) is 0. The highest BCUT2D eigenvalue weighted by molar-refractivity contribution is 4.29. The fraction of sp³-hybridized carbons (Fsp3) is 1.00. The van der Waals surface area contributed by atoms with E-state index in [1.165, 1.54) is 0 Å². The smallest absolute Gasteiger partial charge is 0.230 e. The summed E-state index contributed by atoms with van der Waals surface area (Å²) in [5, 5.41) is 0. The molecule has 0 rings (SSSR count). The summed E-state index contributed by atoms with van der Waals surface area (Å²) in [6.07, 6.45) is -5.39. The van der Waals surface area contributed by atoms with Gasteiger partial charge in [0.2, 0.25) is 0 Å². The lowest BCUT2D eigenvalue weighted by Gasteiger charge is -2.01. The molecule has 0 radical (unpaired) electrons. The molecule has 0 aromatic carbocycles. The summed E-state index contributed by atoms with van der Waals surface area (Å²) in [5.41, 5.74) is 0. The minimum atomic E-state index is -2.70. The first-order valence-corrected chi connectivity index (χ1v) is 2.43. The van der Waals surface area contributed by atoms with Gasteiger partial charge in [-0.3, -0.25) is 0 Å².